The lowest BCUT2D eigenvalue weighted by molar-refractivity contribution is 0.110. The number of hydrogen-bond donors (Lipinski definition) is 0. The summed E-state index contributed by atoms with van der Waals surface area (Å²) >= 11 is 2.06. The smallest absolute Gasteiger partial charge is 0.185 e. The lowest BCUT2D eigenvalue weighted by atomic mass is 10.4. The van der Waals surface area contributed by atoms with Crippen LogP contribution in [-0.4, -0.2) is 6.29 Å². The number of carbonyl (C=O) groups is 1. The number of hydrogen-bond acceptors (Lipinski definition) is 3. The van der Waals surface area contributed by atoms with Crippen LogP contribution in [0.2, 0.25) is 0 Å². The van der Waals surface area contributed by atoms with Crippen LogP contribution < -0.4 is 0 Å². The highest BCUT2D eigenvalue weighted by atomic mass is 127. The number of halogens is 1. The zero-order valence-corrected chi connectivity index (χ0v) is 8.31. The van der Waals surface area contributed by atoms with Gasteiger partial charge in [-0.2, -0.15) is 0 Å². The topological polar surface area (TPSA) is 30.2 Å². The van der Waals surface area contributed by atoms with Crippen LogP contribution >= 0.6 is 30.1 Å². The van der Waals surface area contributed by atoms with Gasteiger partial charge in [-0.3, -0.25) is 4.79 Å². The Morgan fingerprint density at radius 2 is 2.45 bits per heavy atom. The molecule has 0 spiro atoms. The average Bonchev–Trinajstić information content (AvgIpc) is 2.48. The third kappa shape index (κ3) is 2.60. The summed E-state index contributed by atoms with van der Waals surface area (Å²) in [7, 11) is 1.37. The first-order chi connectivity index (χ1) is 5.36. The van der Waals surface area contributed by atoms with Crippen LogP contribution in [0.3, 0.4) is 0 Å². The third-order valence-electron chi connectivity index (χ3n) is 0.956. The minimum absolute atomic E-state index is 0.313. The molecule has 56 valence electrons. The van der Waals surface area contributed by atoms with Crippen molar-refractivity contribution < 1.29 is 9.21 Å². The Morgan fingerprint density at radius 3 is 3.00 bits per heavy atom. The largest absolute Gasteiger partial charge is 0.445 e. The predicted molar refractivity (Wildman–Crippen MR) is 52.6 cm³/mol. The van der Waals surface area contributed by atoms with Gasteiger partial charge in [-0.15, -0.1) is 0 Å². The van der Waals surface area contributed by atoms with Gasteiger partial charge in [-0.25, -0.2) is 0 Å². The number of carbonyl (C=O) groups excluding carboxylic acids is 1. The quantitative estimate of drug-likeness (QED) is 0.449. The van der Waals surface area contributed by atoms with E-state index in [0.29, 0.717) is 17.8 Å². The molecule has 0 amide bonds. The van der Waals surface area contributed by atoms with Crippen LogP contribution in [0.25, 0.3) is 0 Å². The monoisotopic (exact) mass is 278 g/mol. The molecular formula is C7H3IO2S. The van der Waals surface area contributed by atoms with E-state index in [4.69, 9.17) is 4.42 Å². The molecule has 0 fully saturated rings. The maximum absolute atomic E-state index is 10.1. The molecule has 2 nitrogen and oxygen atoms in total. The maximum atomic E-state index is 10.1. The van der Waals surface area contributed by atoms with Gasteiger partial charge in [0.05, 0.1) is 0 Å². The van der Waals surface area contributed by atoms with E-state index >= 15 is 0 Å². The van der Waals surface area contributed by atoms with E-state index in [9.17, 15) is 4.79 Å². The summed E-state index contributed by atoms with van der Waals surface area (Å²) in [5, 5.41) is 2.75. The van der Waals surface area contributed by atoms with Gasteiger partial charge in [-0.05, 0) is 32.2 Å². The maximum Gasteiger partial charge on any atom is 0.185 e. The van der Waals surface area contributed by atoms with Crippen LogP contribution in [0.1, 0.15) is 16.3 Å². The molecule has 0 saturated heterocycles. The van der Waals surface area contributed by atoms with Crippen molar-refractivity contribution in [2.45, 2.75) is 0 Å². The van der Waals surface area contributed by atoms with Gasteiger partial charge >= 0.3 is 0 Å². The number of aldehydes is 1. The van der Waals surface area contributed by atoms with E-state index in [1.54, 1.807) is 12.1 Å². The number of furan rings is 1. The van der Waals surface area contributed by atoms with Crippen LogP contribution in [0.15, 0.2) is 16.5 Å². The predicted octanol–water partition coefficient (Wildman–Crippen LogP) is 2.48. The minimum atomic E-state index is 0.313. The highest BCUT2D eigenvalue weighted by Gasteiger charge is 1.95. The molecule has 0 atom stereocenters. The molecule has 0 saturated carbocycles. The molecule has 0 bridgehead atoms. The van der Waals surface area contributed by atoms with E-state index in [-0.39, 0.29) is 0 Å². The molecule has 11 heavy (non-hydrogen) atoms. The molecule has 0 unspecified atom stereocenters. The van der Waals surface area contributed by atoms with Crippen molar-refractivity contribution in [2.24, 2.45) is 0 Å². The molecule has 4 heteroatoms. The molecule has 0 aliphatic rings. The second kappa shape index (κ2) is 4.46. The second-order valence-electron chi connectivity index (χ2n) is 1.62. The van der Waals surface area contributed by atoms with Gasteiger partial charge in [0.2, 0.25) is 0 Å². The fourth-order valence-electron chi connectivity index (χ4n) is 0.553. The standard InChI is InChI=1S/C7H3IO2S/c8-11-4-3-6-1-2-7(5-9)10-6/h1-2,5H. The Bertz CT molecular complexity index is 308. The summed E-state index contributed by atoms with van der Waals surface area (Å²) in [5.41, 5.74) is 0. The van der Waals surface area contributed by atoms with Gasteiger partial charge in [0.25, 0.3) is 0 Å². The van der Waals surface area contributed by atoms with Crippen molar-refractivity contribution in [1.82, 2.24) is 0 Å². The first-order valence-electron chi connectivity index (χ1n) is 2.70. The van der Waals surface area contributed by atoms with Crippen LogP contribution in [0.5, 0.6) is 0 Å². The van der Waals surface area contributed by atoms with Crippen LogP contribution in [0.4, 0.5) is 0 Å². The zero-order chi connectivity index (χ0) is 8.10. The van der Waals surface area contributed by atoms with Crippen molar-refractivity contribution in [3.05, 3.63) is 23.7 Å². The third-order valence-corrected chi connectivity index (χ3v) is 1.80. The molecule has 1 aromatic rings. The van der Waals surface area contributed by atoms with Crippen molar-refractivity contribution in [1.29, 1.82) is 0 Å². The molecule has 1 heterocycles. The second-order valence-corrected chi connectivity index (χ2v) is 3.30. The van der Waals surface area contributed by atoms with E-state index in [1.807, 2.05) is 0 Å². The van der Waals surface area contributed by atoms with Gasteiger partial charge in [0, 0.05) is 21.2 Å². The Balaban J connectivity index is 2.80. The van der Waals surface area contributed by atoms with E-state index in [1.165, 1.54) is 8.93 Å². The van der Waals surface area contributed by atoms with Crippen molar-refractivity contribution >= 4 is 36.4 Å². The SMILES string of the molecule is O=Cc1ccc(C#CSI)o1. The summed E-state index contributed by atoms with van der Waals surface area (Å²) in [4.78, 5) is 10.1. The lowest BCUT2D eigenvalue weighted by Crippen LogP contribution is -1.67. The van der Waals surface area contributed by atoms with E-state index in [2.05, 4.69) is 32.4 Å². The molecule has 0 N–H and O–H groups in total. The van der Waals surface area contributed by atoms with Gasteiger partial charge in [-0.1, -0.05) is 0 Å². The normalized spacial score (nSPS) is 8.45. The van der Waals surface area contributed by atoms with E-state index < -0.39 is 0 Å². The minimum Gasteiger partial charge on any atom is -0.445 e. The summed E-state index contributed by atoms with van der Waals surface area (Å²) < 4.78 is 4.98. The lowest BCUT2D eigenvalue weighted by Gasteiger charge is -1.77. The van der Waals surface area contributed by atoms with Crippen molar-refractivity contribution in [2.75, 3.05) is 0 Å². The van der Waals surface area contributed by atoms with Gasteiger partial charge in [0.15, 0.2) is 17.8 Å². The highest BCUT2D eigenvalue weighted by molar-refractivity contribution is 14.2. The highest BCUT2D eigenvalue weighted by Crippen LogP contribution is 2.09. The molecule has 0 radical (unpaired) electrons. The van der Waals surface area contributed by atoms with Crippen LogP contribution in [-0.2, 0) is 0 Å². The summed E-state index contributed by atoms with van der Waals surface area (Å²) in [6.07, 6.45) is 0.655. The molecule has 0 aliphatic carbocycles. The molecule has 0 aliphatic heterocycles. The van der Waals surface area contributed by atoms with Crippen molar-refractivity contribution in [3.63, 3.8) is 0 Å². The zero-order valence-electron chi connectivity index (χ0n) is 5.33. The van der Waals surface area contributed by atoms with Gasteiger partial charge in [0.1, 0.15) is 0 Å². The Labute approximate surface area is 80.3 Å². The van der Waals surface area contributed by atoms with Gasteiger partial charge < -0.3 is 4.42 Å². The number of rotatable bonds is 1. The Morgan fingerprint density at radius 1 is 1.64 bits per heavy atom. The fourth-order valence-corrected chi connectivity index (χ4v) is 1.02. The molecule has 1 aromatic heterocycles. The average molecular weight is 278 g/mol. The Kier molecular flexibility index (Phi) is 3.52. The van der Waals surface area contributed by atoms with Crippen molar-refractivity contribution in [3.8, 4) is 11.2 Å². The van der Waals surface area contributed by atoms with Crippen LogP contribution in [0, 0.1) is 11.2 Å². The summed E-state index contributed by atoms with van der Waals surface area (Å²) in [6.45, 7) is 0. The van der Waals surface area contributed by atoms with E-state index in [0.717, 1.165) is 0 Å². The fraction of sp³-hybridized carbons (Fsp3) is 0. The molecule has 1 rings (SSSR count). The molecule has 0 aromatic carbocycles. The first-order valence-corrected chi connectivity index (χ1v) is 6.06. The Hall–Kier alpha value is -0.410. The molecular weight excluding hydrogens is 275 g/mol. The first kappa shape index (κ1) is 8.68. The summed E-state index contributed by atoms with van der Waals surface area (Å²) in [6, 6.07) is 3.26. The summed E-state index contributed by atoms with van der Waals surface area (Å²) in [5.74, 6) is 3.57.